The van der Waals surface area contributed by atoms with Crippen LogP contribution >= 0.6 is 0 Å². The third-order valence-corrected chi connectivity index (χ3v) is 4.66. The molecular weight excluding hydrogens is 342 g/mol. The smallest absolute Gasteiger partial charge is 0.153 e. The number of nitrogens with zero attached hydrogens (tertiary/aromatic N) is 4. The zero-order valence-corrected chi connectivity index (χ0v) is 15.1. The molecule has 0 spiro atoms. The molecule has 1 aromatic carbocycles. The molecule has 1 aliphatic heterocycles. The number of carbonyl (C=O) groups is 1. The fourth-order valence-corrected chi connectivity index (χ4v) is 3.21. The summed E-state index contributed by atoms with van der Waals surface area (Å²) in [6.45, 7) is 3.14. The number of aldehydes is 1. The van der Waals surface area contributed by atoms with Crippen molar-refractivity contribution in [1.29, 1.82) is 0 Å². The summed E-state index contributed by atoms with van der Waals surface area (Å²) in [4.78, 5) is 22.7. The predicted molar refractivity (Wildman–Crippen MR) is 106 cm³/mol. The van der Waals surface area contributed by atoms with Gasteiger partial charge in [0.05, 0.1) is 30.0 Å². The number of benzene rings is 1. The van der Waals surface area contributed by atoms with Crippen LogP contribution in [0.5, 0.6) is 0 Å². The van der Waals surface area contributed by atoms with E-state index in [4.69, 9.17) is 4.74 Å². The standard InChI is InChI=1S/C20H21N5O2/c1-24(19-4-2-3-7-21-19)23-20-15(14-26)13-22-18-6-5-16(12-17(18)20)25-8-10-27-11-9-25/h2-7,12-14H,8-11H2,1H3,(H,22,23). The van der Waals surface area contributed by atoms with Crippen LogP contribution in [0.1, 0.15) is 10.4 Å². The van der Waals surface area contributed by atoms with Gasteiger partial charge in [-0.3, -0.25) is 20.2 Å². The highest BCUT2D eigenvalue weighted by Gasteiger charge is 2.15. The number of aromatic nitrogens is 2. The number of hydrogen-bond donors (Lipinski definition) is 1. The van der Waals surface area contributed by atoms with E-state index in [1.54, 1.807) is 17.4 Å². The van der Waals surface area contributed by atoms with Gasteiger partial charge in [0.15, 0.2) is 6.29 Å². The molecule has 3 heterocycles. The molecule has 0 bridgehead atoms. The summed E-state index contributed by atoms with van der Waals surface area (Å²) in [5, 5.41) is 2.69. The van der Waals surface area contributed by atoms with Gasteiger partial charge < -0.3 is 9.64 Å². The van der Waals surface area contributed by atoms with Gasteiger partial charge in [0.25, 0.3) is 0 Å². The number of anilines is 3. The molecule has 1 aliphatic rings. The van der Waals surface area contributed by atoms with Gasteiger partial charge in [-0.25, -0.2) is 4.98 Å². The molecule has 0 aliphatic carbocycles. The van der Waals surface area contributed by atoms with Crippen LogP contribution in [0.2, 0.25) is 0 Å². The predicted octanol–water partition coefficient (Wildman–Crippen LogP) is 2.74. The third-order valence-electron chi connectivity index (χ3n) is 4.66. The first kappa shape index (κ1) is 17.2. The number of rotatable bonds is 5. The average Bonchev–Trinajstić information content (AvgIpc) is 2.75. The summed E-state index contributed by atoms with van der Waals surface area (Å²) in [7, 11) is 1.87. The van der Waals surface area contributed by atoms with Crippen LogP contribution in [-0.2, 0) is 4.74 Å². The van der Waals surface area contributed by atoms with E-state index in [-0.39, 0.29) is 0 Å². The summed E-state index contributed by atoms with van der Waals surface area (Å²) in [5.41, 5.74) is 6.46. The van der Waals surface area contributed by atoms with Crippen molar-refractivity contribution in [1.82, 2.24) is 9.97 Å². The number of pyridine rings is 2. The summed E-state index contributed by atoms with van der Waals surface area (Å²) < 4.78 is 5.44. The Labute approximate surface area is 157 Å². The number of fused-ring (bicyclic) bond motifs is 1. The molecular formula is C20H21N5O2. The van der Waals surface area contributed by atoms with E-state index >= 15 is 0 Å². The molecule has 7 nitrogen and oxygen atoms in total. The summed E-state index contributed by atoms with van der Waals surface area (Å²) >= 11 is 0. The van der Waals surface area contributed by atoms with Gasteiger partial charge in [-0.2, -0.15) is 0 Å². The molecule has 4 rings (SSSR count). The number of hydrazine groups is 1. The fourth-order valence-electron chi connectivity index (χ4n) is 3.21. The molecule has 0 amide bonds. The van der Waals surface area contributed by atoms with Gasteiger partial charge in [-0.1, -0.05) is 6.07 Å². The quantitative estimate of drug-likeness (QED) is 0.552. The van der Waals surface area contributed by atoms with Crippen molar-refractivity contribution in [2.24, 2.45) is 0 Å². The van der Waals surface area contributed by atoms with Gasteiger partial charge in [0, 0.05) is 43.6 Å². The van der Waals surface area contributed by atoms with Crippen molar-refractivity contribution < 1.29 is 9.53 Å². The lowest BCUT2D eigenvalue weighted by Gasteiger charge is -2.29. The molecule has 1 saturated heterocycles. The van der Waals surface area contributed by atoms with E-state index in [2.05, 4.69) is 32.4 Å². The highest BCUT2D eigenvalue weighted by molar-refractivity contribution is 6.01. The van der Waals surface area contributed by atoms with Crippen molar-refractivity contribution >= 4 is 34.4 Å². The number of hydrogen-bond acceptors (Lipinski definition) is 7. The second-order valence-corrected chi connectivity index (χ2v) is 6.37. The maximum Gasteiger partial charge on any atom is 0.153 e. The van der Waals surface area contributed by atoms with E-state index in [9.17, 15) is 4.79 Å². The normalized spacial score (nSPS) is 14.2. The molecule has 0 radical (unpaired) electrons. The molecule has 1 N–H and O–H groups in total. The van der Waals surface area contributed by atoms with Crippen molar-refractivity contribution in [3.05, 3.63) is 54.4 Å². The topological polar surface area (TPSA) is 70.6 Å². The molecule has 7 heteroatoms. The van der Waals surface area contributed by atoms with Crippen LogP contribution in [0.25, 0.3) is 10.9 Å². The highest BCUT2D eigenvalue weighted by Crippen LogP contribution is 2.30. The first-order chi connectivity index (χ1) is 13.3. The largest absolute Gasteiger partial charge is 0.378 e. The molecule has 0 unspecified atom stereocenters. The Morgan fingerprint density at radius 2 is 2.04 bits per heavy atom. The average molecular weight is 363 g/mol. The van der Waals surface area contributed by atoms with Crippen LogP contribution in [0.4, 0.5) is 17.2 Å². The Bertz CT molecular complexity index is 942. The second-order valence-electron chi connectivity index (χ2n) is 6.37. The van der Waals surface area contributed by atoms with Gasteiger partial charge in [-0.15, -0.1) is 0 Å². The van der Waals surface area contributed by atoms with E-state index in [0.717, 1.165) is 60.7 Å². The lowest BCUT2D eigenvalue weighted by molar-refractivity contribution is 0.112. The van der Waals surface area contributed by atoms with Crippen LogP contribution in [-0.4, -0.2) is 49.6 Å². The minimum absolute atomic E-state index is 0.504. The van der Waals surface area contributed by atoms with Crippen LogP contribution < -0.4 is 15.3 Å². The van der Waals surface area contributed by atoms with Crippen molar-refractivity contribution in [2.45, 2.75) is 0 Å². The molecule has 1 fully saturated rings. The van der Waals surface area contributed by atoms with Gasteiger partial charge in [0.1, 0.15) is 5.82 Å². The molecule has 0 atom stereocenters. The Morgan fingerprint density at radius 3 is 2.78 bits per heavy atom. The van der Waals surface area contributed by atoms with E-state index < -0.39 is 0 Å². The van der Waals surface area contributed by atoms with Crippen molar-refractivity contribution in [3.8, 4) is 0 Å². The van der Waals surface area contributed by atoms with Crippen LogP contribution in [0, 0.1) is 0 Å². The number of morpholine rings is 1. The lowest BCUT2D eigenvalue weighted by Crippen LogP contribution is -2.36. The van der Waals surface area contributed by atoms with E-state index in [1.165, 1.54) is 0 Å². The minimum Gasteiger partial charge on any atom is -0.378 e. The van der Waals surface area contributed by atoms with Crippen molar-refractivity contribution in [3.63, 3.8) is 0 Å². The maximum absolute atomic E-state index is 11.6. The third kappa shape index (κ3) is 3.54. The Balaban J connectivity index is 1.75. The Hall–Kier alpha value is -3.19. The maximum atomic E-state index is 11.6. The minimum atomic E-state index is 0.504. The second kappa shape index (κ2) is 7.59. The summed E-state index contributed by atoms with van der Waals surface area (Å²) in [5.74, 6) is 0.753. The summed E-state index contributed by atoms with van der Waals surface area (Å²) in [6.07, 6.45) is 4.15. The number of nitrogens with one attached hydrogen (secondary N) is 1. The van der Waals surface area contributed by atoms with E-state index in [0.29, 0.717) is 5.56 Å². The Morgan fingerprint density at radius 1 is 1.19 bits per heavy atom. The zero-order chi connectivity index (χ0) is 18.6. The van der Waals surface area contributed by atoms with Crippen molar-refractivity contribution in [2.75, 3.05) is 48.7 Å². The number of carbonyl (C=O) groups excluding carboxylic acids is 1. The first-order valence-corrected chi connectivity index (χ1v) is 8.88. The monoisotopic (exact) mass is 363 g/mol. The zero-order valence-electron chi connectivity index (χ0n) is 15.1. The van der Waals surface area contributed by atoms with Crippen LogP contribution in [0.15, 0.2) is 48.8 Å². The molecule has 2 aromatic heterocycles. The SMILES string of the molecule is CN(Nc1c(C=O)cnc2ccc(N3CCOCC3)cc12)c1ccccn1. The Kier molecular flexibility index (Phi) is 4.84. The van der Waals surface area contributed by atoms with Gasteiger partial charge in [0.2, 0.25) is 0 Å². The molecule has 27 heavy (non-hydrogen) atoms. The van der Waals surface area contributed by atoms with Crippen LogP contribution in [0.3, 0.4) is 0 Å². The van der Waals surface area contributed by atoms with E-state index in [1.807, 2.05) is 31.3 Å². The summed E-state index contributed by atoms with van der Waals surface area (Å²) in [6, 6.07) is 11.8. The fraction of sp³-hybridized carbons (Fsp3) is 0.250. The number of ether oxygens (including phenoxy) is 1. The molecule has 3 aromatic rings. The van der Waals surface area contributed by atoms with Gasteiger partial charge >= 0.3 is 0 Å². The molecule has 0 saturated carbocycles. The highest BCUT2D eigenvalue weighted by atomic mass is 16.5. The first-order valence-electron chi connectivity index (χ1n) is 8.88. The van der Waals surface area contributed by atoms with Gasteiger partial charge in [-0.05, 0) is 30.3 Å². The lowest BCUT2D eigenvalue weighted by atomic mass is 10.1. The molecule has 138 valence electrons.